The topological polar surface area (TPSA) is 71.5 Å². The first-order valence-electron chi connectivity index (χ1n) is 11.4. The van der Waals surface area contributed by atoms with Gasteiger partial charge in [0, 0.05) is 30.8 Å². The monoisotopic (exact) mass is 569 g/mol. The molecular formula is C27H28IN3O3. The molecule has 0 saturated carbocycles. The van der Waals surface area contributed by atoms with Gasteiger partial charge in [-0.05, 0) is 61.7 Å². The fraction of sp³-hybridized carbons (Fsp3) is 0.296. The van der Waals surface area contributed by atoms with E-state index in [1.165, 1.54) is 0 Å². The number of anilines is 1. The maximum absolute atomic E-state index is 13.3. The summed E-state index contributed by atoms with van der Waals surface area (Å²) in [4.78, 5) is 32.3. The van der Waals surface area contributed by atoms with Gasteiger partial charge in [0.1, 0.15) is 21.7 Å². The number of rotatable bonds is 8. The number of pyridine rings is 1. The number of piperidine rings is 1. The summed E-state index contributed by atoms with van der Waals surface area (Å²) >= 11 is 2.24. The second-order valence-electron chi connectivity index (χ2n) is 8.55. The summed E-state index contributed by atoms with van der Waals surface area (Å²) in [5, 5.41) is 2.89. The van der Waals surface area contributed by atoms with Crippen molar-refractivity contribution < 1.29 is 14.3 Å². The molecule has 3 aromatic rings. The predicted octanol–water partition coefficient (Wildman–Crippen LogP) is 5.35. The van der Waals surface area contributed by atoms with Gasteiger partial charge in [-0.3, -0.25) is 14.5 Å². The van der Waals surface area contributed by atoms with Gasteiger partial charge in [-0.25, -0.2) is 4.98 Å². The molecule has 0 aliphatic carbocycles. The standard InChI is InChI=1S/C27H28IN3O3/c1-27(28,31-17-14-22(15-18-31)26(33)30-24-9-5-6-16-29-24)25(32)21-10-12-23(13-11-21)34-19-20-7-3-2-4-8-20/h2-13,16,22H,14-15,17-19H2,1H3,(H,29,30,33). The normalized spacial score (nSPS) is 16.4. The third kappa shape index (κ3) is 6.01. The number of alkyl halides is 1. The number of ether oxygens (including phenoxy) is 1. The Morgan fingerprint density at radius 1 is 1.03 bits per heavy atom. The van der Waals surface area contributed by atoms with Crippen molar-refractivity contribution in [3.63, 3.8) is 0 Å². The van der Waals surface area contributed by atoms with Crippen LogP contribution in [0.3, 0.4) is 0 Å². The number of carbonyl (C=O) groups excluding carboxylic acids is 2. The van der Waals surface area contributed by atoms with Crippen LogP contribution in [-0.2, 0) is 11.4 Å². The first-order chi connectivity index (χ1) is 16.4. The van der Waals surface area contributed by atoms with Crippen molar-refractivity contribution in [3.8, 4) is 5.75 Å². The van der Waals surface area contributed by atoms with Crippen LogP contribution in [0.15, 0.2) is 79.0 Å². The quantitative estimate of drug-likeness (QED) is 0.172. The van der Waals surface area contributed by atoms with Crippen molar-refractivity contribution in [1.82, 2.24) is 9.88 Å². The van der Waals surface area contributed by atoms with E-state index in [1.807, 2.05) is 73.7 Å². The average Bonchev–Trinajstić information content (AvgIpc) is 2.88. The van der Waals surface area contributed by atoms with Gasteiger partial charge in [-0.1, -0.05) is 59.0 Å². The fourth-order valence-electron chi connectivity index (χ4n) is 4.08. The summed E-state index contributed by atoms with van der Waals surface area (Å²) in [5.74, 6) is 1.27. The molecule has 1 saturated heterocycles. The molecule has 0 spiro atoms. The summed E-state index contributed by atoms with van der Waals surface area (Å²) in [7, 11) is 0. The molecule has 1 amide bonds. The van der Waals surface area contributed by atoms with Crippen LogP contribution in [0.1, 0.15) is 35.7 Å². The van der Waals surface area contributed by atoms with Crippen LogP contribution in [0.25, 0.3) is 0 Å². The van der Waals surface area contributed by atoms with Gasteiger partial charge < -0.3 is 10.1 Å². The molecule has 176 valence electrons. The minimum Gasteiger partial charge on any atom is -0.489 e. The van der Waals surface area contributed by atoms with Crippen molar-refractivity contribution in [2.24, 2.45) is 5.92 Å². The number of ketones is 1. The van der Waals surface area contributed by atoms with E-state index in [4.69, 9.17) is 4.74 Å². The molecule has 4 rings (SSSR count). The number of Topliss-reactive ketones (excluding diaryl/α,β-unsaturated/α-hetero) is 1. The van der Waals surface area contributed by atoms with E-state index in [0.717, 1.165) is 11.3 Å². The van der Waals surface area contributed by atoms with Crippen molar-refractivity contribution in [2.45, 2.75) is 29.9 Å². The molecule has 1 N–H and O–H groups in total. The smallest absolute Gasteiger partial charge is 0.228 e. The van der Waals surface area contributed by atoms with E-state index in [1.54, 1.807) is 12.3 Å². The van der Waals surface area contributed by atoms with Gasteiger partial charge in [-0.15, -0.1) is 0 Å². The molecule has 6 nitrogen and oxygen atoms in total. The van der Waals surface area contributed by atoms with E-state index in [-0.39, 0.29) is 17.6 Å². The van der Waals surface area contributed by atoms with E-state index < -0.39 is 3.55 Å². The lowest BCUT2D eigenvalue weighted by atomic mass is 9.93. The lowest BCUT2D eigenvalue weighted by Crippen LogP contribution is -2.51. The highest BCUT2D eigenvalue weighted by molar-refractivity contribution is 14.1. The van der Waals surface area contributed by atoms with E-state index in [9.17, 15) is 9.59 Å². The maximum Gasteiger partial charge on any atom is 0.228 e. The van der Waals surface area contributed by atoms with E-state index >= 15 is 0 Å². The highest BCUT2D eigenvalue weighted by atomic mass is 127. The number of likely N-dealkylation sites (tertiary alicyclic amines) is 1. The second-order valence-corrected chi connectivity index (χ2v) is 10.6. The number of nitrogens with one attached hydrogen (secondary N) is 1. The number of halogens is 1. The van der Waals surface area contributed by atoms with Crippen LogP contribution in [0.2, 0.25) is 0 Å². The zero-order chi connectivity index (χ0) is 24.0. The SMILES string of the molecule is CC(I)(C(=O)c1ccc(OCc2ccccc2)cc1)N1CCC(C(=O)Nc2ccccn2)CC1. The molecule has 2 aromatic carbocycles. The number of benzene rings is 2. The van der Waals surface area contributed by atoms with Gasteiger partial charge in [0.15, 0.2) is 5.78 Å². The Morgan fingerprint density at radius 2 is 1.71 bits per heavy atom. The minimum absolute atomic E-state index is 0.00840. The van der Waals surface area contributed by atoms with Crippen molar-refractivity contribution in [2.75, 3.05) is 18.4 Å². The van der Waals surface area contributed by atoms with Crippen LogP contribution in [0, 0.1) is 5.92 Å². The number of aromatic nitrogens is 1. The Morgan fingerprint density at radius 3 is 2.35 bits per heavy atom. The Labute approximate surface area is 213 Å². The molecule has 1 aromatic heterocycles. The molecular weight excluding hydrogens is 541 g/mol. The minimum atomic E-state index is -0.688. The second kappa shape index (κ2) is 11.1. The Balaban J connectivity index is 1.31. The summed E-state index contributed by atoms with van der Waals surface area (Å²) < 4.78 is 5.15. The fourth-order valence-corrected chi connectivity index (χ4v) is 4.87. The molecule has 0 radical (unpaired) electrons. The summed E-state index contributed by atoms with van der Waals surface area (Å²) in [6, 6.07) is 22.8. The number of amides is 1. The Kier molecular flexibility index (Phi) is 7.95. The van der Waals surface area contributed by atoms with Crippen LogP contribution in [0.5, 0.6) is 5.75 Å². The van der Waals surface area contributed by atoms with E-state index in [0.29, 0.717) is 43.9 Å². The summed E-state index contributed by atoms with van der Waals surface area (Å²) in [6.07, 6.45) is 3.07. The number of nitrogens with zero attached hydrogens (tertiary/aromatic N) is 2. The van der Waals surface area contributed by atoms with Crippen molar-refractivity contribution in [1.29, 1.82) is 0 Å². The molecule has 1 aliphatic rings. The predicted molar refractivity (Wildman–Crippen MR) is 141 cm³/mol. The molecule has 0 bridgehead atoms. The highest BCUT2D eigenvalue weighted by Crippen LogP contribution is 2.33. The molecule has 1 unspecified atom stereocenters. The average molecular weight is 569 g/mol. The molecule has 1 aliphatic heterocycles. The lowest BCUT2D eigenvalue weighted by molar-refractivity contribution is -0.121. The Bertz CT molecular complexity index is 1100. The zero-order valence-electron chi connectivity index (χ0n) is 19.1. The zero-order valence-corrected chi connectivity index (χ0v) is 21.3. The molecule has 7 heteroatoms. The highest BCUT2D eigenvalue weighted by Gasteiger charge is 2.40. The molecule has 2 heterocycles. The van der Waals surface area contributed by atoms with Crippen LogP contribution in [0.4, 0.5) is 5.82 Å². The van der Waals surface area contributed by atoms with Gasteiger partial charge in [-0.2, -0.15) is 0 Å². The van der Waals surface area contributed by atoms with Gasteiger partial charge >= 0.3 is 0 Å². The largest absolute Gasteiger partial charge is 0.489 e. The summed E-state index contributed by atoms with van der Waals surface area (Å²) in [5.41, 5.74) is 1.75. The van der Waals surface area contributed by atoms with Gasteiger partial charge in [0.05, 0.1) is 0 Å². The molecule has 1 fully saturated rings. The Hall–Kier alpha value is -2.78. The third-order valence-electron chi connectivity index (χ3n) is 6.16. The van der Waals surface area contributed by atoms with Crippen molar-refractivity contribution in [3.05, 3.63) is 90.1 Å². The first-order valence-corrected chi connectivity index (χ1v) is 12.5. The van der Waals surface area contributed by atoms with Crippen LogP contribution in [-0.4, -0.2) is 38.2 Å². The molecule has 1 atom stereocenters. The number of hydrogen-bond donors (Lipinski definition) is 1. The van der Waals surface area contributed by atoms with E-state index in [2.05, 4.69) is 37.8 Å². The third-order valence-corrected chi connectivity index (χ3v) is 7.33. The maximum atomic E-state index is 13.3. The van der Waals surface area contributed by atoms with Gasteiger partial charge in [0.25, 0.3) is 0 Å². The van der Waals surface area contributed by atoms with Crippen LogP contribution < -0.4 is 10.1 Å². The van der Waals surface area contributed by atoms with Gasteiger partial charge in [0.2, 0.25) is 5.91 Å². The first kappa shape index (κ1) is 24.3. The van der Waals surface area contributed by atoms with Crippen LogP contribution >= 0.6 is 22.6 Å². The van der Waals surface area contributed by atoms with Crippen molar-refractivity contribution >= 4 is 40.1 Å². The summed E-state index contributed by atoms with van der Waals surface area (Å²) in [6.45, 7) is 3.80. The number of carbonyl (C=O) groups is 2. The lowest BCUT2D eigenvalue weighted by Gasteiger charge is -2.40. The molecule has 34 heavy (non-hydrogen) atoms. The number of hydrogen-bond acceptors (Lipinski definition) is 5.